The van der Waals surface area contributed by atoms with E-state index >= 15 is 0 Å². The summed E-state index contributed by atoms with van der Waals surface area (Å²) in [5.41, 5.74) is 7.88. The van der Waals surface area contributed by atoms with Crippen LogP contribution in [0.3, 0.4) is 0 Å². The Morgan fingerprint density at radius 2 is 1.95 bits per heavy atom. The van der Waals surface area contributed by atoms with Gasteiger partial charge in [-0.1, -0.05) is 38.1 Å². The quantitative estimate of drug-likeness (QED) is 0.853. The van der Waals surface area contributed by atoms with E-state index < -0.39 is 0 Å². The van der Waals surface area contributed by atoms with Crippen LogP contribution in [0, 0.1) is 5.92 Å². The molecule has 1 aromatic carbocycles. The summed E-state index contributed by atoms with van der Waals surface area (Å²) in [5, 5.41) is 0. The zero-order valence-corrected chi connectivity index (χ0v) is 11.9. The molecule has 0 aliphatic heterocycles. The minimum absolute atomic E-state index is 0.247. The van der Waals surface area contributed by atoms with Gasteiger partial charge in [0.15, 0.2) is 0 Å². The molecule has 0 saturated heterocycles. The van der Waals surface area contributed by atoms with Crippen LogP contribution >= 0.6 is 0 Å². The summed E-state index contributed by atoms with van der Waals surface area (Å²) in [7, 11) is 0. The van der Waals surface area contributed by atoms with E-state index in [0.29, 0.717) is 24.9 Å². The summed E-state index contributed by atoms with van der Waals surface area (Å²) in [6.45, 7) is 5.69. The summed E-state index contributed by atoms with van der Waals surface area (Å²) in [6.07, 6.45) is 2.81. The molecule has 104 valence electrons. The molecule has 3 nitrogen and oxygen atoms in total. The maximum atomic E-state index is 12.5. The number of hydrogen-bond donors (Lipinski definition) is 1. The Morgan fingerprint density at radius 1 is 1.32 bits per heavy atom. The van der Waals surface area contributed by atoms with Gasteiger partial charge in [0.25, 0.3) is 0 Å². The fraction of sp³-hybridized carbons (Fsp3) is 0.562. The number of carbonyl (C=O) groups excluding carboxylic acids is 1. The summed E-state index contributed by atoms with van der Waals surface area (Å²) >= 11 is 0. The van der Waals surface area contributed by atoms with Gasteiger partial charge in [-0.25, -0.2) is 0 Å². The van der Waals surface area contributed by atoms with E-state index in [4.69, 9.17) is 5.73 Å². The van der Waals surface area contributed by atoms with Crippen molar-refractivity contribution in [2.75, 3.05) is 6.54 Å². The summed E-state index contributed by atoms with van der Waals surface area (Å²) in [5.74, 6) is 0.770. The van der Waals surface area contributed by atoms with Crippen LogP contribution in [0.25, 0.3) is 0 Å². The van der Waals surface area contributed by atoms with Gasteiger partial charge in [0.1, 0.15) is 0 Å². The average molecular weight is 260 g/mol. The molecule has 1 saturated carbocycles. The van der Waals surface area contributed by atoms with E-state index in [1.807, 2.05) is 24.3 Å². The number of nitrogens with two attached hydrogens (primary N) is 1. The van der Waals surface area contributed by atoms with Crippen molar-refractivity contribution in [2.24, 2.45) is 11.7 Å². The van der Waals surface area contributed by atoms with Crippen LogP contribution in [-0.2, 0) is 17.8 Å². The third-order valence-corrected chi connectivity index (χ3v) is 3.55. The van der Waals surface area contributed by atoms with Gasteiger partial charge in [-0.2, -0.15) is 0 Å². The predicted octanol–water partition coefficient (Wildman–Crippen LogP) is 2.33. The fourth-order valence-corrected chi connectivity index (χ4v) is 2.43. The topological polar surface area (TPSA) is 46.3 Å². The molecule has 0 atom stereocenters. The first-order valence-electron chi connectivity index (χ1n) is 7.18. The lowest BCUT2D eigenvalue weighted by atomic mass is 10.0. The number of amides is 1. The normalized spacial score (nSPS) is 14.7. The highest BCUT2D eigenvalue weighted by Crippen LogP contribution is 2.28. The molecule has 3 heteroatoms. The molecule has 2 rings (SSSR count). The lowest BCUT2D eigenvalue weighted by Crippen LogP contribution is -2.37. The van der Waals surface area contributed by atoms with E-state index in [0.717, 1.165) is 30.5 Å². The second kappa shape index (κ2) is 6.20. The molecular formula is C16H24N2O. The first kappa shape index (κ1) is 14.1. The second-order valence-corrected chi connectivity index (χ2v) is 5.82. The Bertz CT molecular complexity index is 438. The Labute approximate surface area is 115 Å². The van der Waals surface area contributed by atoms with E-state index in [2.05, 4.69) is 18.7 Å². The minimum atomic E-state index is 0.247. The fourth-order valence-electron chi connectivity index (χ4n) is 2.43. The summed E-state index contributed by atoms with van der Waals surface area (Å²) in [6, 6.07) is 8.46. The van der Waals surface area contributed by atoms with Crippen molar-refractivity contribution in [1.82, 2.24) is 4.90 Å². The molecule has 1 aromatic rings. The molecule has 1 aliphatic rings. The highest BCUT2D eigenvalue weighted by atomic mass is 16.2. The molecule has 0 spiro atoms. The monoisotopic (exact) mass is 260 g/mol. The number of carbonyl (C=O) groups is 1. The third kappa shape index (κ3) is 3.80. The van der Waals surface area contributed by atoms with Gasteiger partial charge in [-0.15, -0.1) is 0 Å². The zero-order valence-electron chi connectivity index (χ0n) is 11.9. The maximum absolute atomic E-state index is 12.5. The van der Waals surface area contributed by atoms with Gasteiger partial charge in [0.05, 0.1) is 6.42 Å². The number of rotatable bonds is 6. The average Bonchev–Trinajstić information content (AvgIpc) is 3.20. The molecule has 19 heavy (non-hydrogen) atoms. The SMILES string of the molecule is CC(C)CN(C(=O)Cc1ccccc1CN)C1CC1. The molecule has 2 N–H and O–H groups in total. The first-order chi connectivity index (χ1) is 9.11. The van der Waals surface area contributed by atoms with E-state index in [-0.39, 0.29) is 5.91 Å². The molecule has 0 radical (unpaired) electrons. The molecule has 0 unspecified atom stereocenters. The van der Waals surface area contributed by atoms with Crippen LogP contribution in [-0.4, -0.2) is 23.4 Å². The van der Waals surface area contributed by atoms with Gasteiger partial charge < -0.3 is 10.6 Å². The van der Waals surface area contributed by atoms with E-state index in [1.165, 1.54) is 0 Å². The third-order valence-electron chi connectivity index (χ3n) is 3.55. The molecule has 0 aromatic heterocycles. The van der Waals surface area contributed by atoms with Gasteiger partial charge in [0, 0.05) is 19.1 Å². The van der Waals surface area contributed by atoms with Gasteiger partial charge >= 0.3 is 0 Å². The standard InChI is InChI=1S/C16H24N2O/c1-12(2)11-18(15-7-8-15)16(19)9-13-5-3-4-6-14(13)10-17/h3-6,12,15H,7-11,17H2,1-2H3. The van der Waals surface area contributed by atoms with Crippen LogP contribution in [0.2, 0.25) is 0 Å². The Kier molecular flexibility index (Phi) is 4.59. The number of benzene rings is 1. The second-order valence-electron chi connectivity index (χ2n) is 5.82. The van der Waals surface area contributed by atoms with Crippen molar-refractivity contribution < 1.29 is 4.79 Å². The Morgan fingerprint density at radius 3 is 2.47 bits per heavy atom. The molecule has 1 amide bonds. The van der Waals surface area contributed by atoms with Gasteiger partial charge in [0.2, 0.25) is 5.91 Å². The van der Waals surface area contributed by atoms with Crippen molar-refractivity contribution in [3.8, 4) is 0 Å². The van der Waals surface area contributed by atoms with E-state index in [1.54, 1.807) is 0 Å². The Hall–Kier alpha value is -1.35. The van der Waals surface area contributed by atoms with Crippen molar-refractivity contribution >= 4 is 5.91 Å². The minimum Gasteiger partial charge on any atom is -0.339 e. The largest absolute Gasteiger partial charge is 0.339 e. The van der Waals surface area contributed by atoms with Crippen LogP contribution in [0.15, 0.2) is 24.3 Å². The van der Waals surface area contributed by atoms with Crippen LogP contribution in [0.4, 0.5) is 0 Å². The van der Waals surface area contributed by atoms with Crippen LogP contribution in [0.5, 0.6) is 0 Å². The van der Waals surface area contributed by atoms with Crippen molar-refractivity contribution in [2.45, 2.75) is 45.7 Å². The van der Waals surface area contributed by atoms with Crippen molar-refractivity contribution in [3.05, 3.63) is 35.4 Å². The maximum Gasteiger partial charge on any atom is 0.227 e. The molecule has 1 fully saturated rings. The lowest BCUT2D eigenvalue weighted by molar-refractivity contribution is -0.131. The molecule has 1 aliphatic carbocycles. The van der Waals surface area contributed by atoms with Gasteiger partial charge in [-0.05, 0) is 29.9 Å². The number of hydrogen-bond acceptors (Lipinski definition) is 2. The molecule has 0 heterocycles. The highest BCUT2D eigenvalue weighted by molar-refractivity contribution is 5.79. The molecule has 0 bridgehead atoms. The van der Waals surface area contributed by atoms with Crippen molar-refractivity contribution in [3.63, 3.8) is 0 Å². The smallest absolute Gasteiger partial charge is 0.227 e. The highest BCUT2D eigenvalue weighted by Gasteiger charge is 2.32. The van der Waals surface area contributed by atoms with E-state index in [9.17, 15) is 4.79 Å². The summed E-state index contributed by atoms with van der Waals surface area (Å²) < 4.78 is 0. The van der Waals surface area contributed by atoms with Crippen molar-refractivity contribution in [1.29, 1.82) is 0 Å². The zero-order chi connectivity index (χ0) is 13.8. The Balaban J connectivity index is 2.05. The molecular weight excluding hydrogens is 236 g/mol. The van der Waals surface area contributed by atoms with Gasteiger partial charge in [-0.3, -0.25) is 4.79 Å². The van der Waals surface area contributed by atoms with Crippen LogP contribution in [0.1, 0.15) is 37.8 Å². The van der Waals surface area contributed by atoms with Crippen LogP contribution < -0.4 is 5.73 Å². The summed E-state index contributed by atoms with van der Waals surface area (Å²) in [4.78, 5) is 14.6. The predicted molar refractivity (Wildman–Crippen MR) is 77.6 cm³/mol. The first-order valence-corrected chi connectivity index (χ1v) is 7.18. The lowest BCUT2D eigenvalue weighted by Gasteiger charge is -2.25. The number of nitrogens with zero attached hydrogens (tertiary/aromatic N) is 1.